The molecule has 23 heavy (non-hydrogen) atoms. The summed E-state index contributed by atoms with van der Waals surface area (Å²) < 4.78 is 1.80. The van der Waals surface area contributed by atoms with Crippen LogP contribution < -0.4 is 5.32 Å². The smallest absolute Gasteiger partial charge is 0.159 e. The molecule has 118 valence electrons. The number of benzene rings is 1. The minimum Gasteiger partial charge on any atom is -0.366 e. The molecular formula is C17H18ClN5. The highest BCUT2D eigenvalue weighted by molar-refractivity contribution is 6.29. The number of rotatable bonds is 4. The molecule has 1 atom stereocenters. The summed E-state index contributed by atoms with van der Waals surface area (Å²) in [5, 5.41) is 8.35. The van der Waals surface area contributed by atoms with Crippen LogP contribution in [-0.4, -0.2) is 38.6 Å². The van der Waals surface area contributed by atoms with Crippen molar-refractivity contribution < 1.29 is 0 Å². The van der Waals surface area contributed by atoms with Crippen LogP contribution in [0.4, 0.5) is 5.82 Å². The van der Waals surface area contributed by atoms with Crippen molar-refractivity contribution in [1.29, 1.82) is 0 Å². The predicted octanol–water partition coefficient (Wildman–Crippen LogP) is 3.07. The fourth-order valence-corrected chi connectivity index (χ4v) is 3.32. The lowest BCUT2D eigenvalue weighted by Gasteiger charge is -2.18. The van der Waals surface area contributed by atoms with Crippen LogP contribution in [0.1, 0.15) is 12.0 Å². The number of halogens is 1. The lowest BCUT2D eigenvalue weighted by Crippen LogP contribution is -2.26. The maximum Gasteiger partial charge on any atom is 0.159 e. The second kappa shape index (κ2) is 6.18. The van der Waals surface area contributed by atoms with Crippen molar-refractivity contribution in [2.75, 3.05) is 18.4 Å². The molecule has 0 aliphatic carbocycles. The molecule has 0 saturated carbocycles. The fraction of sp³-hybridized carbons (Fsp3) is 0.294. The fourth-order valence-electron chi connectivity index (χ4n) is 3.13. The van der Waals surface area contributed by atoms with E-state index in [4.69, 9.17) is 11.6 Å². The highest BCUT2D eigenvalue weighted by atomic mass is 35.5. The van der Waals surface area contributed by atoms with Gasteiger partial charge in [-0.2, -0.15) is 9.61 Å². The van der Waals surface area contributed by atoms with E-state index in [-0.39, 0.29) is 0 Å². The van der Waals surface area contributed by atoms with E-state index in [0.717, 1.165) is 37.5 Å². The van der Waals surface area contributed by atoms with Gasteiger partial charge in [0.25, 0.3) is 0 Å². The number of nitrogens with one attached hydrogen (secondary N) is 1. The van der Waals surface area contributed by atoms with Crippen LogP contribution in [0, 0.1) is 0 Å². The van der Waals surface area contributed by atoms with E-state index in [0.29, 0.717) is 11.2 Å². The van der Waals surface area contributed by atoms with E-state index in [1.165, 1.54) is 5.56 Å². The third kappa shape index (κ3) is 3.16. The number of hydrogen-bond acceptors (Lipinski definition) is 4. The molecule has 0 bridgehead atoms. The maximum atomic E-state index is 6.10. The molecule has 1 saturated heterocycles. The summed E-state index contributed by atoms with van der Waals surface area (Å²) in [7, 11) is 0. The summed E-state index contributed by atoms with van der Waals surface area (Å²) in [5.74, 6) is 0.900. The third-order valence-electron chi connectivity index (χ3n) is 4.20. The van der Waals surface area contributed by atoms with Gasteiger partial charge in [-0.25, -0.2) is 4.98 Å². The Labute approximate surface area is 139 Å². The molecule has 0 radical (unpaired) electrons. The van der Waals surface area contributed by atoms with E-state index in [2.05, 4.69) is 50.6 Å². The molecule has 2 aromatic heterocycles. The molecular weight excluding hydrogens is 310 g/mol. The Morgan fingerprint density at radius 2 is 2.09 bits per heavy atom. The molecule has 1 fully saturated rings. The maximum absolute atomic E-state index is 6.10. The van der Waals surface area contributed by atoms with Gasteiger partial charge >= 0.3 is 0 Å². The Morgan fingerprint density at radius 3 is 2.96 bits per heavy atom. The van der Waals surface area contributed by atoms with Crippen LogP contribution in [0.2, 0.25) is 5.15 Å². The molecule has 4 rings (SSSR count). The van der Waals surface area contributed by atoms with Crippen molar-refractivity contribution in [2.24, 2.45) is 0 Å². The van der Waals surface area contributed by atoms with Crippen molar-refractivity contribution in [3.05, 3.63) is 59.4 Å². The summed E-state index contributed by atoms with van der Waals surface area (Å²) in [5.41, 5.74) is 2.12. The van der Waals surface area contributed by atoms with Crippen molar-refractivity contribution in [2.45, 2.75) is 19.0 Å². The highest BCUT2D eigenvalue weighted by Crippen LogP contribution is 2.20. The molecule has 0 unspecified atom stereocenters. The summed E-state index contributed by atoms with van der Waals surface area (Å²) in [6, 6.07) is 14.7. The van der Waals surface area contributed by atoms with Crippen LogP contribution in [0.15, 0.2) is 48.7 Å². The minimum absolute atomic E-state index is 0.393. The minimum atomic E-state index is 0.393. The first-order chi connectivity index (χ1) is 11.3. The van der Waals surface area contributed by atoms with E-state index in [1.807, 2.05) is 12.1 Å². The SMILES string of the molecule is Clc1cc(N[C@@H]2CCN(Cc3ccccc3)C2)n2nccc2n1. The average Bonchev–Trinajstić information content (AvgIpc) is 3.17. The van der Waals surface area contributed by atoms with Gasteiger partial charge < -0.3 is 5.32 Å². The molecule has 1 aliphatic heterocycles. The zero-order valence-corrected chi connectivity index (χ0v) is 13.4. The molecule has 1 N–H and O–H groups in total. The largest absolute Gasteiger partial charge is 0.366 e. The summed E-state index contributed by atoms with van der Waals surface area (Å²) in [6.07, 6.45) is 2.84. The molecule has 6 heteroatoms. The Balaban J connectivity index is 1.45. The Kier molecular flexibility index (Phi) is 3.89. The topological polar surface area (TPSA) is 45.5 Å². The Bertz CT molecular complexity index is 801. The van der Waals surface area contributed by atoms with Crippen LogP contribution in [0.25, 0.3) is 5.65 Å². The van der Waals surface area contributed by atoms with Gasteiger partial charge in [-0.15, -0.1) is 0 Å². The summed E-state index contributed by atoms with van der Waals surface area (Å²) in [6.45, 7) is 3.10. The lowest BCUT2D eigenvalue weighted by atomic mass is 10.2. The quantitative estimate of drug-likeness (QED) is 0.748. The second-order valence-corrected chi connectivity index (χ2v) is 6.30. The average molecular weight is 328 g/mol. The monoisotopic (exact) mass is 327 g/mol. The van der Waals surface area contributed by atoms with Crippen molar-refractivity contribution in [1.82, 2.24) is 19.5 Å². The molecule has 1 aliphatic rings. The Morgan fingerprint density at radius 1 is 1.22 bits per heavy atom. The van der Waals surface area contributed by atoms with E-state index < -0.39 is 0 Å². The van der Waals surface area contributed by atoms with E-state index in [9.17, 15) is 0 Å². The zero-order valence-electron chi connectivity index (χ0n) is 12.7. The molecule has 0 amide bonds. The first-order valence-corrected chi connectivity index (χ1v) is 8.19. The number of anilines is 1. The van der Waals surface area contributed by atoms with Gasteiger partial charge in [-0.05, 0) is 12.0 Å². The van der Waals surface area contributed by atoms with Gasteiger partial charge in [0.15, 0.2) is 5.65 Å². The summed E-state index contributed by atoms with van der Waals surface area (Å²) in [4.78, 5) is 6.73. The number of likely N-dealkylation sites (tertiary alicyclic amines) is 1. The van der Waals surface area contributed by atoms with Crippen LogP contribution >= 0.6 is 11.6 Å². The van der Waals surface area contributed by atoms with E-state index in [1.54, 1.807) is 10.7 Å². The highest BCUT2D eigenvalue weighted by Gasteiger charge is 2.23. The molecule has 0 spiro atoms. The van der Waals surface area contributed by atoms with Gasteiger partial charge in [-0.3, -0.25) is 4.90 Å². The third-order valence-corrected chi connectivity index (χ3v) is 4.40. The molecule has 3 heterocycles. The molecule has 5 nitrogen and oxygen atoms in total. The zero-order chi connectivity index (χ0) is 15.6. The predicted molar refractivity (Wildman–Crippen MR) is 91.7 cm³/mol. The first-order valence-electron chi connectivity index (χ1n) is 7.81. The van der Waals surface area contributed by atoms with E-state index >= 15 is 0 Å². The normalized spacial score (nSPS) is 18.6. The Hall–Kier alpha value is -2.11. The van der Waals surface area contributed by atoms with Crippen molar-refractivity contribution in [3.63, 3.8) is 0 Å². The van der Waals surface area contributed by atoms with Crippen LogP contribution in [-0.2, 0) is 6.54 Å². The standard InChI is InChI=1S/C17H18ClN5/c18-15-10-17(23-16(21-15)6-8-19-23)20-14-7-9-22(12-14)11-13-4-2-1-3-5-13/h1-6,8,10,14,20H,7,9,11-12H2/t14-/m1/s1. The van der Waals surface area contributed by atoms with Gasteiger partial charge in [0.2, 0.25) is 0 Å². The van der Waals surface area contributed by atoms with Gasteiger partial charge in [0.05, 0.1) is 6.20 Å². The van der Waals surface area contributed by atoms with Gasteiger partial charge in [0, 0.05) is 37.8 Å². The number of hydrogen-bond donors (Lipinski definition) is 1. The number of nitrogens with zero attached hydrogens (tertiary/aromatic N) is 4. The molecule has 3 aromatic rings. The number of aromatic nitrogens is 3. The van der Waals surface area contributed by atoms with Gasteiger partial charge in [-0.1, -0.05) is 41.9 Å². The number of fused-ring (bicyclic) bond motifs is 1. The molecule has 1 aromatic carbocycles. The van der Waals surface area contributed by atoms with Crippen molar-refractivity contribution >= 4 is 23.1 Å². The van der Waals surface area contributed by atoms with Gasteiger partial charge in [0.1, 0.15) is 11.0 Å². The van der Waals surface area contributed by atoms with Crippen molar-refractivity contribution in [3.8, 4) is 0 Å². The first kappa shape index (κ1) is 14.5. The second-order valence-electron chi connectivity index (χ2n) is 5.92. The van der Waals surface area contributed by atoms with Crippen LogP contribution in [0.3, 0.4) is 0 Å². The van der Waals surface area contributed by atoms with Crippen LogP contribution in [0.5, 0.6) is 0 Å². The summed E-state index contributed by atoms with van der Waals surface area (Å²) >= 11 is 6.10. The lowest BCUT2D eigenvalue weighted by molar-refractivity contribution is 0.328.